The molecule has 3 heteroatoms. The van der Waals surface area contributed by atoms with Crippen molar-refractivity contribution in [1.82, 2.24) is 4.90 Å². The highest BCUT2D eigenvalue weighted by Gasteiger charge is 2.03. The first-order valence-electron chi connectivity index (χ1n) is 5.26. The van der Waals surface area contributed by atoms with Crippen molar-refractivity contribution in [3.63, 3.8) is 0 Å². The van der Waals surface area contributed by atoms with Crippen LogP contribution in [0.15, 0.2) is 30.3 Å². The standard InChI is InChI=1S/C12H20N2O/c1-14(2)10-11(13)8-9-15-12-6-4-3-5-7-12/h3-7,11H,8-10,13H2,1-2H3. The molecule has 0 saturated heterocycles. The molecule has 0 aliphatic rings. The molecule has 1 unspecified atom stereocenters. The zero-order chi connectivity index (χ0) is 11.1. The Hall–Kier alpha value is -1.06. The molecule has 1 aromatic rings. The summed E-state index contributed by atoms with van der Waals surface area (Å²) >= 11 is 0. The number of rotatable bonds is 6. The van der Waals surface area contributed by atoms with Crippen molar-refractivity contribution in [3.8, 4) is 5.75 Å². The Morgan fingerprint density at radius 3 is 2.53 bits per heavy atom. The van der Waals surface area contributed by atoms with E-state index < -0.39 is 0 Å². The zero-order valence-corrected chi connectivity index (χ0v) is 9.52. The van der Waals surface area contributed by atoms with E-state index in [9.17, 15) is 0 Å². The summed E-state index contributed by atoms with van der Waals surface area (Å²) in [6.45, 7) is 1.58. The smallest absolute Gasteiger partial charge is 0.119 e. The molecule has 1 aromatic carbocycles. The molecular formula is C12H20N2O. The maximum atomic E-state index is 5.92. The Morgan fingerprint density at radius 2 is 1.93 bits per heavy atom. The van der Waals surface area contributed by atoms with Crippen LogP contribution in [-0.2, 0) is 0 Å². The quantitative estimate of drug-likeness (QED) is 0.767. The van der Waals surface area contributed by atoms with Crippen LogP contribution in [0.3, 0.4) is 0 Å². The summed E-state index contributed by atoms with van der Waals surface area (Å²) in [7, 11) is 4.05. The third-order valence-corrected chi connectivity index (χ3v) is 2.10. The molecule has 1 rings (SSSR count). The van der Waals surface area contributed by atoms with E-state index in [1.807, 2.05) is 44.4 Å². The van der Waals surface area contributed by atoms with E-state index in [-0.39, 0.29) is 6.04 Å². The van der Waals surface area contributed by atoms with Crippen LogP contribution in [0.4, 0.5) is 0 Å². The Labute approximate surface area is 91.8 Å². The van der Waals surface area contributed by atoms with Gasteiger partial charge in [-0.15, -0.1) is 0 Å². The topological polar surface area (TPSA) is 38.5 Å². The van der Waals surface area contributed by atoms with E-state index in [2.05, 4.69) is 4.90 Å². The van der Waals surface area contributed by atoms with Crippen LogP contribution in [0, 0.1) is 0 Å². The van der Waals surface area contributed by atoms with Gasteiger partial charge in [0.15, 0.2) is 0 Å². The largest absolute Gasteiger partial charge is 0.494 e. The molecule has 0 aromatic heterocycles. The fraction of sp³-hybridized carbons (Fsp3) is 0.500. The Kier molecular flexibility index (Phi) is 5.15. The highest BCUT2D eigenvalue weighted by Crippen LogP contribution is 2.08. The molecule has 0 aliphatic heterocycles. The molecule has 15 heavy (non-hydrogen) atoms. The van der Waals surface area contributed by atoms with Gasteiger partial charge < -0.3 is 15.4 Å². The number of para-hydroxylation sites is 1. The number of benzene rings is 1. The average Bonchev–Trinajstić information content (AvgIpc) is 2.18. The van der Waals surface area contributed by atoms with Gasteiger partial charge in [-0.1, -0.05) is 18.2 Å². The normalized spacial score (nSPS) is 12.8. The van der Waals surface area contributed by atoms with Crippen molar-refractivity contribution in [1.29, 1.82) is 0 Å². The molecule has 2 N–H and O–H groups in total. The van der Waals surface area contributed by atoms with Crippen LogP contribution >= 0.6 is 0 Å². The minimum Gasteiger partial charge on any atom is -0.494 e. The van der Waals surface area contributed by atoms with Crippen molar-refractivity contribution in [2.75, 3.05) is 27.2 Å². The van der Waals surface area contributed by atoms with Gasteiger partial charge in [0.05, 0.1) is 6.61 Å². The molecule has 0 heterocycles. The molecule has 0 saturated carbocycles. The SMILES string of the molecule is CN(C)CC(N)CCOc1ccccc1. The minimum atomic E-state index is 0.184. The van der Waals surface area contributed by atoms with Gasteiger partial charge in [-0.2, -0.15) is 0 Å². The predicted octanol–water partition coefficient (Wildman–Crippen LogP) is 1.34. The van der Waals surface area contributed by atoms with Crippen LogP contribution in [-0.4, -0.2) is 38.2 Å². The van der Waals surface area contributed by atoms with Crippen LogP contribution in [0.5, 0.6) is 5.75 Å². The summed E-state index contributed by atoms with van der Waals surface area (Å²) in [4.78, 5) is 2.09. The van der Waals surface area contributed by atoms with Gasteiger partial charge in [-0.3, -0.25) is 0 Å². The molecule has 0 fully saturated rings. The molecule has 0 aliphatic carbocycles. The lowest BCUT2D eigenvalue weighted by molar-refractivity contribution is 0.277. The van der Waals surface area contributed by atoms with Crippen LogP contribution in [0.2, 0.25) is 0 Å². The summed E-state index contributed by atoms with van der Waals surface area (Å²) in [5.41, 5.74) is 5.92. The van der Waals surface area contributed by atoms with E-state index in [0.29, 0.717) is 6.61 Å². The number of likely N-dealkylation sites (N-methyl/N-ethyl adjacent to an activating group) is 1. The van der Waals surface area contributed by atoms with Gasteiger partial charge in [-0.25, -0.2) is 0 Å². The van der Waals surface area contributed by atoms with E-state index in [0.717, 1.165) is 18.7 Å². The summed E-state index contributed by atoms with van der Waals surface area (Å²) < 4.78 is 5.56. The second-order valence-electron chi connectivity index (χ2n) is 3.97. The maximum Gasteiger partial charge on any atom is 0.119 e. The van der Waals surface area contributed by atoms with Crippen molar-refractivity contribution >= 4 is 0 Å². The molecule has 1 atom stereocenters. The zero-order valence-electron chi connectivity index (χ0n) is 9.52. The fourth-order valence-corrected chi connectivity index (χ4v) is 1.41. The first-order chi connectivity index (χ1) is 7.18. The van der Waals surface area contributed by atoms with Crippen LogP contribution in [0.25, 0.3) is 0 Å². The molecule has 3 nitrogen and oxygen atoms in total. The Bertz CT molecular complexity index is 262. The monoisotopic (exact) mass is 208 g/mol. The molecule has 84 valence electrons. The van der Waals surface area contributed by atoms with Gasteiger partial charge in [0, 0.05) is 12.6 Å². The van der Waals surface area contributed by atoms with Gasteiger partial charge >= 0.3 is 0 Å². The summed E-state index contributed by atoms with van der Waals surface area (Å²) in [5, 5.41) is 0. The number of ether oxygens (including phenoxy) is 1. The third kappa shape index (κ3) is 5.40. The second-order valence-corrected chi connectivity index (χ2v) is 3.97. The summed E-state index contributed by atoms with van der Waals surface area (Å²) in [6, 6.07) is 10.0. The van der Waals surface area contributed by atoms with Crippen molar-refractivity contribution in [2.24, 2.45) is 5.73 Å². The second kappa shape index (κ2) is 6.43. The van der Waals surface area contributed by atoms with E-state index >= 15 is 0 Å². The lowest BCUT2D eigenvalue weighted by atomic mass is 10.2. The first kappa shape index (κ1) is 12.0. The number of nitrogens with zero attached hydrogens (tertiary/aromatic N) is 1. The highest BCUT2D eigenvalue weighted by atomic mass is 16.5. The van der Waals surface area contributed by atoms with E-state index in [4.69, 9.17) is 10.5 Å². The van der Waals surface area contributed by atoms with Crippen molar-refractivity contribution in [3.05, 3.63) is 30.3 Å². The molecule has 0 bridgehead atoms. The van der Waals surface area contributed by atoms with Crippen molar-refractivity contribution < 1.29 is 4.74 Å². The fourth-order valence-electron chi connectivity index (χ4n) is 1.41. The first-order valence-corrected chi connectivity index (χ1v) is 5.26. The molecule has 0 radical (unpaired) electrons. The number of hydrogen-bond donors (Lipinski definition) is 1. The van der Waals surface area contributed by atoms with Gasteiger partial charge in [0.2, 0.25) is 0 Å². The lowest BCUT2D eigenvalue weighted by Gasteiger charge is -2.16. The van der Waals surface area contributed by atoms with Gasteiger partial charge in [0.25, 0.3) is 0 Å². The van der Waals surface area contributed by atoms with Gasteiger partial charge in [-0.05, 0) is 32.6 Å². The van der Waals surface area contributed by atoms with Crippen molar-refractivity contribution in [2.45, 2.75) is 12.5 Å². The molecule has 0 amide bonds. The third-order valence-electron chi connectivity index (χ3n) is 2.10. The summed E-state index contributed by atoms with van der Waals surface area (Å²) in [5.74, 6) is 0.912. The van der Waals surface area contributed by atoms with E-state index in [1.165, 1.54) is 0 Å². The van der Waals surface area contributed by atoms with Crippen LogP contribution in [0.1, 0.15) is 6.42 Å². The molecule has 0 spiro atoms. The highest BCUT2D eigenvalue weighted by molar-refractivity contribution is 5.20. The van der Waals surface area contributed by atoms with Gasteiger partial charge in [0.1, 0.15) is 5.75 Å². The van der Waals surface area contributed by atoms with Crippen LogP contribution < -0.4 is 10.5 Å². The minimum absolute atomic E-state index is 0.184. The van der Waals surface area contributed by atoms with E-state index in [1.54, 1.807) is 0 Å². The maximum absolute atomic E-state index is 5.92. The average molecular weight is 208 g/mol. The Balaban J connectivity index is 2.16. The number of hydrogen-bond acceptors (Lipinski definition) is 3. The lowest BCUT2D eigenvalue weighted by Crippen LogP contribution is -2.34. The number of nitrogens with two attached hydrogens (primary N) is 1. The Morgan fingerprint density at radius 1 is 1.27 bits per heavy atom. The predicted molar refractivity (Wildman–Crippen MR) is 63.1 cm³/mol. The summed E-state index contributed by atoms with van der Waals surface area (Å²) in [6.07, 6.45) is 0.882. The molecular weight excluding hydrogens is 188 g/mol.